The fourth-order valence-electron chi connectivity index (χ4n) is 3.61. The molecule has 0 aliphatic heterocycles. The number of ether oxygens (including phenoxy) is 1. The molecule has 0 spiro atoms. The molecule has 1 heterocycles. The number of aromatic nitrogens is 1. The van der Waals surface area contributed by atoms with Crippen LogP contribution in [0.15, 0.2) is 24.4 Å². The summed E-state index contributed by atoms with van der Waals surface area (Å²) in [4.78, 5) is 54.3. The molecular weight excluding hydrogens is 438 g/mol. The van der Waals surface area contributed by atoms with E-state index in [1.807, 2.05) is 37.2 Å². The van der Waals surface area contributed by atoms with Crippen LogP contribution in [0.25, 0.3) is 10.9 Å². The van der Waals surface area contributed by atoms with Crippen LogP contribution in [0.2, 0.25) is 0 Å². The molecule has 2 rings (SSSR count). The Morgan fingerprint density at radius 2 is 1.85 bits per heavy atom. The molecule has 0 radical (unpaired) electrons. The number of nitrogens with zero attached hydrogens (tertiary/aromatic N) is 1. The van der Waals surface area contributed by atoms with Crippen molar-refractivity contribution >= 4 is 46.4 Å². The lowest BCUT2D eigenvalue weighted by Crippen LogP contribution is -2.52. The van der Waals surface area contributed by atoms with Gasteiger partial charge in [-0.15, -0.1) is 0 Å². The van der Waals surface area contributed by atoms with Gasteiger partial charge in [0.25, 0.3) is 0 Å². The molecule has 0 unspecified atom stereocenters. The third-order valence-electron chi connectivity index (χ3n) is 5.17. The highest BCUT2D eigenvalue weighted by atomic mass is 16.5. The Morgan fingerprint density at radius 3 is 2.44 bits per heavy atom. The third kappa shape index (κ3) is 7.16. The second-order valence-corrected chi connectivity index (χ2v) is 8.56. The summed E-state index contributed by atoms with van der Waals surface area (Å²) in [6.07, 6.45) is 2.14. The summed E-state index contributed by atoms with van der Waals surface area (Å²) in [6.45, 7) is 4.67. The number of hydrogen-bond donors (Lipinski definition) is 4. The number of hydrogen-bond acceptors (Lipinski definition) is 7. The fraction of sp³-hybridized carbons (Fsp3) is 0.458. The molecule has 4 N–H and O–H groups in total. The Kier molecular flexibility index (Phi) is 9.35. The van der Waals surface area contributed by atoms with Crippen LogP contribution in [0.5, 0.6) is 0 Å². The molecule has 10 nitrogen and oxygen atoms in total. The average Bonchev–Trinajstić information content (AvgIpc) is 3.17. The van der Waals surface area contributed by atoms with Crippen molar-refractivity contribution in [1.82, 2.24) is 15.6 Å². The van der Waals surface area contributed by atoms with E-state index in [0.717, 1.165) is 22.2 Å². The number of aromatic amines is 1. The van der Waals surface area contributed by atoms with Gasteiger partial charge in [-0.2, -0.15) is 0 Å². The number of carbonyl (C=O) groups excluding carboxylic acids is 4. The van der Waals surface area contributed by atoms with Crippen LogP contribution in [0.1, 0.15) is 39.2 Å². The van der Waals surface area contributed by atoms with Crippen molar-refractivity contribution in [3.63, 3.8) is 0 Å². The van der Waals surface area contributed by atoms with Crippen molar-refractivity contribution in [2.75, 3.05) is 19.0 Å². The minimum absolute atomic E-state index is 0.0163. The first-order valence-electron chi connectivity index (χ1n) is 11.1. The van der Waals surface area contributed by atoms with E-state index in [1.54, 1.807) is 20.0 Å². The SMILES string of the molecule is CC(=O)N[C@@H](Cc1c[nH]c2c(N(C)C)cccc12)C(=O)N[C@@H](CCC(=O)C=N)C(=O)OC(C)C. The maximum Gasteiger partial charge on any atom is 0.328 e. The first-order chi connectivity index (χ1) is 16.0. The second-order valence-electron chi connectivity index (χ2n) is 8.56. The van der Waals surface area contributed by atoms with Crippen molar-refractivity contribution in [3.05, 3.63) is 30.0 Å². The van der Waals surface area contributed by atoms with Gasteiger partial charge >= 0.3 is 5.97 Å². The molecule has 0 aliphatic carbocycles. The molecule has 1 aromatic carbocycles. The van der Waals surface area contributed by atoms with Crippen molar-refractivity contribution < 1.29 is 23.9 Å². The van der Waals surface area contributed by atoms with Gasteiger partial charge in [-0.05, 0) is 31.9 Å². The zero-order chi connectivity index (χ0) is 25.4. The van der Waals surface area contributed by atoms with Gasteiger partial charge in [-0.1, -0.05) is 12.1 Å². The van der Waals surface area contributed by atoms with Gasteiger partial charge in [0.15, 0.2) is 5.78 Å². The number of para-hydroxylation sites is 1. The largest absolute Gasteiger partial charge is 0.461 e. The molecule has 1 aromatic heterocycles. The van der Waals surface area contributed by atoms with E-state index < -0.39 is 41.8 Å². The normalized spacial score (nSPS) is 12.6. The van der Waals surface area contributed by atoms with Crippen LogP contribution in [0, 0.1) is 5.41 Å². The lowest BCUT2D eigenvalue weighted by molar-refractivity contribution is -0.151. The van der Waals surface area contributed by atoms with Gasteiger partial charge in [0.05, 0.1) is 23.5 Å². The Hall–Kier alpha value is -3.69. The van der Waals surface area contributed by atoms with Crippen molar-refractivity contribution in [2.24, 2.45) is 0 Å². The highest BCUT2D eigenvalue weighted by Crippen LogP contribution is 2.27. The number of anilines is 1. The number of fused-ring (bicyclic) bond motifs is 1. The molecular formula is C24H33N5O5. The molecule has 34 heavy (non-hydrogen) atoms. The molecule has 2 aromatic rings. The summed E-state index contributed by atoms with van der Waals surface area (Å²) >= 11 is 0. The van der Waals surface area contributed by atoms with Gasteiger partial charge in [0, 0.05) is 45.4 Å². The smallest absolute Gasteiger partial charge is 0.328 e. The Labute approximate surface area is 198 Å². The number of nitrogens with one attached hydrogen (secondary N) is 4. The second kappa shape index (κ2) is 12.0. The van der Waals surface area contributed by atoms with Crippen molar-refractivity contribution in [1.29, 1.82) is 5.41 Å². The lowest BCUT2D eigenvalue weighted by atomic mass is 10.0. The van der Waals surface area contributed by atoms with Gasteiger partial charge in [-0.3, -0.25) is 14.4 Å². The highest BCUT2D eigenvalue weighted by Gasteiger charge is 2.29. The van der Waals surface area contributed by atoms with Crippen molar-refractivity contribution in [3.8, 4) is 0 Å². The van der Waals surface area contributed by atoms with Gasteiger partial charge in [0.1, 0.15) is 12.1 Å². The molecule has 0 fully saturated rings. The minimum atomic E-state index is -1.08. The standard InChI is InChI=1S/C24H33N5O5/c1-14(2)34-24(33)19(10-9-17(31)12-25)28-23(32)20(27-15(3)30)11-16-13-26-22-18(16)7-6-8-21(22)29(4)5/h6-8,12-14,19-20,25-26H,9-11H2,1-5H3,(H,27,30)(H,28,32)/t19-,20-/m0/s1. The average molecular weight is 472 g/mol. The van der Waals surface area contributed by atoms with Crippen LogP contribution in [-0.2, 0) is 30.3 Å². The monoisotopic (exact) mass is 471 g/mol. The fourth-order valence-corrected chi connectivity index (χ4v) is 3.61. The minimum Gasteiger partial charge on any atom is -0.461 e. The number of ketones is 1. The predicted octanol–water partition coefficient (Wildman–Crippen LogP) is 1.72. The highest BCUT2D eigenvalue weighted by molar-refractivity contribution is 6.26. The Balaban J connectivity index is 2.27. The zero-order valence-corrected chi connectivity index (χ0v) is 20.2. The summed E-state index contributed by atoms with van der Waals surface area (Å²) < 4.78 is 5.22. The topological polar surface area (TPSA) is 144 Å². The molecule has 184 valence electrons. The maximum atomic E-state index is 13.1. The van der Waals surface area contributed by atoms with Crippen LogP contribution in [0.3, 0.4) is 0 Å². The number of rotatable bonds is 12. The van der Waals surface area contributed by atoms with Crippen LogP contribution in [-0.4, -0.2) is 67.0 Å². The molecule has 2 amide bonds. The van der Waals surface area contributed by atoms with E-state index in [2.05, 4.69) is 15.6 Å². The Bertz CT molecular complexity index is 1060. The summed E-state index contributed by atoms with van der Waals surface area (Å²) in [5.41, 5.74) is 2.72. The van der Waals surface area contributed by atoms with E-state index in [-0.39, 0.29) is 19.3 Å². The predicted molar refractivity (Wildman–Crippen MR) is 130 cm³/mol. The van der Waals surface area contributed by atoms with E-state index in [9.17, 15) is 19.2 Å². The number of amides is 2. The zero-order valence-electron chi connectivity index (χ0n) is 20.2. The molecule has 10 heteroatoms. The molecule has 0 saturated carbocycles. The van der Waals surface area contributed by atoms with Gasteiger partial charge in [-0.25, -0.2) is 4.79 Å². The number of carbonyl (C=O) groups is 4. The summed E-state index contributed by atoms with van der Waals surface area (Å²) in [5.74, 6) is -2.11. The molecule has 0 saturated heterocycles. The lowest BCUT2D eigenvalue weighted by Gasteiger charge is -2.23. The number of H-pyrrole nitrogens is 1. The Morgan fingerprint density at radius 1 is 1.15 bits per heavy atom. The number of Topliss-reactive ketones (excluding diaryl/α,β-unsaturated/α-hetero) is 1. The maximum absolute atomic E-state index is 13.1. The van der Waals surface area contributed by atoms with E-state index >= 15 is 0 Å². The number of esters is 1. The first-order valence-corrected chi connectivity index (χ1v) is 11.1. The van der Waals surface area contributed by atoms with Crippen LogP contribution < -0.4 is 15.5 Å². The van der Waals surface area contributed by atoms with E-state index in [4.69, 9.17) is 10.1 Å². The summed E-state index contributed by atoms with van der Waals surface area (Å²) in [6, 6.07) is 3.79. The molecule has 0 aliphatic rings. The third-order valence-corrected chi connectivity index (χ3v) is 5.17. The van der Waals surface area contributed by atoms with Crippen LogP contribution >= 0.6 is 0 Å². The van der Waals surface area contributed by atoms with Gasteiger partial charge < -0.3 is 30.7 Å². The van der Waals surface area contributed by atoms with Crippen LogP contribution in [0.4, 0.5) is 5.69 Å². The summed E-state index contributed by atoms with van der Waals surface area (Å²) in [7, 11) is 3.87. The quantitative estimate of drug-likeness (QED) is 0.274. The number of benzene rings is 1. The molecule has 2 atom stereocenters. The summed E-state index contributed by atoms with van der Waals surface area (Å²) in [5, 5.41) is 13.2. The molecule has 0 bridgehead atoms. The van der Waals surface area contributed by atoms with Gasteiger partial charge in [0.2, 0.25) is 11.8 Å². The first kappa shape index (κ1) is 26.6. The van der Waals surface area contributed by atoms with E-state index in [0.29, 0.717) is 6.21 Å². The van der Waals surface area contributed by atoms with E-state index in [1.165, 1.54) is 6.92 Å². The van der Waals surface area contributed by atoms with Crippen molar-refractivity contribution in [2.45, 2.75) is 58.2 Å².